The maximum Gasteiger partial charge on any atom is 0.247 e. The molecule has 2 fully saturated rings. The molecule has 2 bridgehead atoms. The number of rotatable bonds is 3. The summed E-state index contributed by atoms with van der Waals surface area (Å²) in [5.41, 5.74) is 0.447. The summed E-state index contributed by atoms with van der Waals surface area (Å²) in [4.78, 5) is 39.2. The molecule has 5 nitrogen and oxygen atoms in total. The number of halogens is 2. The number of hydrogen-bond acceptors (Lipinski definition) is 3. The molecule has 130 valence electrons. The Bertz CT molecular complexity index is 795. The number of allylic oxidation sites excluding steroid dienone is 2. The van der Waals surface area contributed by atoms with Crippen molar-refractivity contribution in [3.8, 4) is 0 Å². The Morgan fingerprint density at radius 1 is 1.24 bits per heavy atom. The van der Waals surface area contributed by atoms with Crippen molar-refractivity contribution in [2.45, 2.75) is 19.4 Å². The third kappa shape index (κ3) is 2.54. The fourth-order valence-corrected chi connectivity index (χ4v) is 4.97. The Morgan fingerprint density at radius 3 is 2.40 bits per heavy atom. The Kier molecular flexibility index (Phi) is 4.00. The smallest absolute Gasteiger partial charge is 0.247 e. The molecule has 2 aliphatic carbocycles. The lowest BCUT2D eigenvalue weighted by Gasteiger charge is -2.24. The zero-order valence-corrected chi connectivity index (χ0v) is 15.8. The van der Waals surface area contributed by atoms with Gasteiger partial charge in [0, 0.05) is 4.47 Å². The standard InChI is InChI=1S/C18H16BrClN2O3/c1-8(16(23)21-13-5-4-11(19)7-12(13)20)22-17(24)14-9-2-3-10(6-9)15(14)18(22)25/h2-5,7-10,14-15H,6H2,1H3,(H,21,23)/t8-,9-,10+,14-,15+/m1/s1. The maximum absolute atomic E-state index is 12.8. The zero-order chi connectivity index (χ0) is 17.9. The average Bonchev–Trinajstić information content (AvgIpc) is 3.23. The molecule has 1 heterocycles. The van der Waals surface area contributed by atoms with Crippen LogP contribution in [0, 0.1) is 23.7 Å². The predicted octanol–water partition coefficient (Wildman–Crippen LogP) is 3.24. The molecular weight excluding hydrogens is 408 g/mol. The zero-order valence-electron chi connectivity index (χ0n) is 13.4. The molecule has 1 N–H and O–H groups in total. The quantitative estimate of drug-likeness (QED) is 0.599. The van der Waals surface area contributed by atoms with Gasteiger partial charge in [-0.3, -0.25) is 19.3 Å². The molecule has 3 aliphatic rings. The molecule has 3 amide bonds. The van der Waals surface area contributed by atoms with E-state index >= 15 is 0 Å². The Balaban J connectivity index is 1.53. The first kappa shape index (κ1) is 16.8. The van der Waals surface area contributed by atoms with Crippen LogP contribution in [-0.2, 0) is 14.4 Å². The molecular formula is C18H16BrClN2O3. The molecule has 1 aliphatic heterocycles. The summed E-state index contributed by atoms with van der Waals surface area (Å²) in [5.74, 6) is -1.21. The van der Waals surface area contributed by atoms with E-state index in [9.17, 15) is 14.4 Å². The van der Waals surface area contributed by atoms with Crippen molar-refractivity contribution in [3.63, 3.8) is 0 Å². The van der Waals surface area contributed by atoms with Gasteiger partial charge in [-0.15, -0.1) is 0 Å². The Morgan fingerprint density at radius 2 is 1.84 bits per heavy atom. The first-order valence-corrected chi connectivity index (χ1v) is 9.36. The summed E-state index contributed by atoms with van der Waals surface area (Å²) in [5, 5.41) is 3.09. The summed E-state index contributed by atoms with van der Waals surface area (Å²) in [7, 11) is 0. The number of carbonyl (C=O) groups is 3. The summed E-state index contributed by atoms with van der Waals surface area (Å²) in [6.45, 7) is 1.58. The van der Waals surface area contributed by atoms with Crippen LogP contribution in [0.5, 0.6) is 0 Å². The summed E-state index contributed by atoms with van der Waals surface area (Å²) in [6.07, 6.45) is 4.94. The normalized spacial score (nSPS) is 30.8. The molecule has 0 spiro atoms. The van der Waals surface area contributed by atoms with Crippen LogP contribution in [-0.4, -0.2) is 28.7 Å². The lowest BCUT2D eigenvalue weighted by Crippen LogP contribution is -2.46. The largest absolute Gasteiger partial charge is 0.323 e. The van der Waals surface area contributed by atoms with E-state index in [0.717, 1.165) is 15.8 Å². The van der Waals surface area contributed by atoms with Crippen LogP contribution < -0.4 is 5.32 Å². The second-order valence-corrected chi connectivity index (χ2v) is 8.16. The second-order valence-electron chi connectivity index (χ2n) is 6.84. The van der Waals surface area contributed by atoms with Gasteiger partial charge in [-0.1, -0.05) is 39.7 Å². The van der Waals surface area contributed by atoms with E-state index in [0.29, 0.717) is 10.7 Å². The van der Waals surface area contributed by atoms with Gasteiger partial charge in [-0.2, -0.15) is 0 Å². The van der Waals surface area contributed by atoms with Crippen LogP contribution in [0.1, 0.15) is 13.3 Å². The SMILES string of the molecule is C[C@H](C(=O)Nc1ccc(Br)cc1Cl)N1C(=O)[C@@H]2[C@H](C1=O)[C@@H]1C=C[C@H]2C1. The molecule has 0 unspecified atom stereocenters. The number of nitrogens with zero attached hydrogens (tertiary/aromatic N) is 1. The van der Waals surface area contributed by atoms with Gasteiger partial charge in [0.05, 0.1) is 22.5 Å². The first-order chi connectivity index (χ1) is 11.9. The van der Waals surface area contributed by atoms with Crippen molar-refractivity contribution in [2.75, 3.05) is 5.32 Å². The molecule has 1 aromatic rings. The highest BCUT2D eigenvalue weighted by Crippen LogP contribution is 2.52. The van der Waals surface area contributed by atoms with Crippen molar-refractivity contribution in [1.29, 1.82) is 0 Å². The van der Waals surface area contributed by atoms with Gasteiger partial charge in [0.25, 0.3) is 0 Å². The Labute approximate surface area is 158 Å². The van der Waals surface area contributed by atoms with E-state index in [1.54, 1.807) is 25.1 Å². The van der Waals surface area contributed by atoms with E-state index < -0.39 is 11.9 Å². The van der Waals surface area contributed by atoms with E-state index in [4.69, 9.17) is 11.6 Å². The first-order valence-electron chi connectivity index (χ1n) is 8.19. The van der Waals surface area contributed by atoms with Crippen LogP contribution in [0.25, 0.3) is 0 Å². The number of carbonyl (C=O) groups excluding carboxylic acids is 3. The van der Waals surface area contributed by atoms with E-state index in [1.165, 1.54) is 0 Å². The fourth-order valence-electron chi connectivity index (χ4n) is 4.25. The molecule has 25 heavy (non-hydrogen) atoms. The number of anilines is 1. The number of likely N-dealkylation sites (tertiary alicyclic amines) is 1. The van der Waals surface area contributed by atoms with Crippen LogP contribution in [0.4, 0.5) is 5.69 Å². The van der Waals surface area contributed by atoms with Crippen LogP contribution in [0.2, 0.25) is 5.02 Å². The van der Waals surface area contributed by atoms with Gasteiger partial charge >= 0.3 is 0 Å². The third-order valence-electron chi connectivity index (χ3n) is 5.46. The number of benzene rings is 1. The number of imide groups is 1. The van der Waals surface area contributed by atoms with Gasteiger partial charge in [0.1, 0.15) is 6.04 Å². The Hall–Kier alpha value is -1.66. The van der Waals surface area contributed by atoms with Crippen molar-refractivity contribution in [1.82, 2.24) is 4.90 Å². The molecule has 0 radical (unpaired) electrons. The summed E-state index contributed by atoms with van der Waals surface area (Å²) >= 11 is 9.42. The minimum atomic E-state index is -0.871. The van der Waals surface area contributed by atoms with Gasteiger partial charge in [-0.05, 0) is 43.4 Å². The van der Waals surface area contributed by atoms with Gasteiger partial charge in [-0.25, -0.2) is 0 Å². The van der Waals surface area contributed by atoms with Gasteiger partial charge < -0.3 is 5.32 Å². The lowest BCUT2D eigenvalue weighted by molar-refractivity contribution is -0.146. The maximum atomic E-state index is 12.8. The topological polar surface area (TPSA) is 66.5 Å². The minimum Gasteiger partial charge on any atom is -0.323 e. The number of fused-ring (bicyclic) bond motifs is 5. The molecule has 1 saturated heterocycles. The molecule has 1 saturated carbocycles. The second kappa shape index (κ2) is 5.95. The van der Waals surface area contributed by atoms with Crippen molar-refractivity contribution < 1.29 is 14.4 Å². The average molecular weight is 424 g/mol. The fraction of sp³-hybridized carbons (Fsp3) is 0.389. The van der Waals surface area contributed by atoms with Gasteiger partial charge in [0.15, 0.2) is 0 Å². The monoisotopic (exact) mass is 422 g/mol. The van der Waals surface area contributed by atoms with Crippen molar-refractivity contribution in [2.24, 2.45) is 23.7 Å². The molecule has 4 rings (SSSR count). The highest BCUT2D eigenvalue weighted by molar-refractivity contribution is 9.10. The molecule has 7 heteroatoms. The summed E-state index contributed by atoms with van der Waals surface area (Å²) in [6, 6.07) is 4.22. The van der Waals surface area contributed by atoms with Crippen molar-refractivity contribution >= 4 is 50.9 Å². The minimum absolute atomic E-state index is 0.132. The highest BCUT2D eigenvalue weighted by atomic mass is 79.9. The lowest BCUT2D eigenvalue weighted by atomic mass is 9.85. The highest BCUT2D eigenvalue weighted by Gasteiger charge is 2.60. The van der Waals surface area contributed by atoms with E-state index in [1.807, 2.05) is 12.2 Å². The molecule has 0 aromatic heterocycles. The predicted molar refractivity (Wildman–Crippen MR) is 96.8 cm³/mol. The van der Waals surface area contributed by atoms with Crippen LogP contribution >= 0.6 is 27.5 Å². The number of hydrogen-bond donors (Lipinski definition) is 1. The van der Waals surface area contributed by atoms with Crippen molar-refractivity contribution in [3.05, 3.63) is 39.8 Å². The van der Waals surface area contributed by atoms with Crippen LogP contribution in [0.3, 0.4) is 0 Å². The van der Waals surface area contributed by atoms with E-state index in [2.05, 4.69) is 21.2 Å². The van der Waals surface area contributed by atoms with E-state index in [-0.39, 0.29) is 35.5 Å². The van der Waals surface area contributed by atoms with Gasteiger partial charge in [0.2, 0.25) is 17.7 Å². The molecule has 1 aromatic carbocycles. The molecule has 5 atom stereocenters. The number of nitrogens with one attached hydrogen (secondary N) is 1. The van der Waals surface area contributed by atoms with Crippen LogP contribution in [0.15, 0.2) is 34.8 Å². The number of amides is 3. The third-order valence-corrected chi connectivity index (χ3v) is 6.27. The summed E-state index contributed by atoms with van der Waals surface area (Å²) < 4.78 is 0.796.